The van der Waals surface area contributed by atoms with Gasteiger partial charge in [-0.15, -0.1) is 0 Å². The zero-order chi connectivity index (χ0) is 15.9. The Bertz CT molecular complexity index is 629. The third-order valence-corrected chi connectivity index (χ3v) is 3.32. The molecule has 0 spiro atoms. The molecule has 5 nitrogen and oxygen atoms in total. The van der Waals surface area contributed by atoms with Gasteiger partial charge in [0.25, 0.3) is 5.91 Å². The zero-order valence-corrected chi connectivity index (χ0v) is 12.3. The van der Waals surface area contributed by atoms with Gasteiger partial charge in [-0.2, -0.15) is 0 Å². The lowest BCUT2D eigenvalue weighted by Gasteiger charge is -2.24. The number of carbonyl (C=O) groups excluding carboxylic acids is 1. The van der Waals surface area contributed by atoms with Crippen molar-refractivity contribution in [1.29, 1.82) is 0 Å². The van der Waals surface area contributed by atoms with Crippen molar-refractivity contribution >= 4 is 11.9 Å². The highest BCUT2D eigenvalue weighted by Gasteiger charge is 2.21. The van der Waals surface area contributed by atoms with E-state index in [2.05, 4.69) is 4.98 Å². The lowest BCUT2D eigenvalue weighted by atomic mass is 10.1. The smallest absolute Gasteiger partial charge is 0.308 e. The number of benzene rings is 1. The van der Waals surface area contributed by atoms with Crippen molar-refractivity contribution in [1.82, 2.24) is 9.88 Å². The first-order chi connectivity index (χ1) is 10.6. The van der Waals surface area contributed by atoms with Gasteiger partial charge in [0.05, 0.1) is 5.92 Å². The van der Waals surface area contributed by atoms with E-state index in [1.54, 1.807) is 54.5 Å². The van der Waals surface area contributed by atoms with E-state index in [1.807, 2.05) is 12.1 Å². The van der Waals surface area contributed by atoms with Crippen molar-refractivity contribution in [3.63, 3.8) is 0 Å². The van der Waals surface area contributed by atoms with Crippen molar-refractivity contribution in [2.75, 3.05) is 6.54 Å². The van der Waals surface area contributed by atoms with Crippen molar-refractivity contribution in [3.05, 3.63) is 66.0 Å². The maximum atomic E-state index is 12.6. The van der Waals surface area contributed by atoms with Crippen LogP contribution in [-0.2, 0) is 11.3 Å². The number of carbonyl (C=O) groups is 2. The molecule has 0 aliphatic carbocycles. The van der Waals surface area contributed by atoms with Crippen LogP contribution >= 0.6 is 0 Å². The summed E-state index contributed by atoms with van der Waals surface area (Å²) in [4.78, 5) is 29.3. The molecule has 1 N–H and O–H groups in total. The molecule has 1 aromatic carbocycles. The van der Waals surface area contributed by atoms with E-state index < -0.39 is 11.9 Å². The highest BCUT2D eigenvalue weighted by Crippen LogP contribution is 2.12. The van der Waals surface area contributed by atoms with Gasteiger partial charge in [-0.3, -0.25) is 14.6 Å². The van der Waals surface area contributed by atoms with Crippen LogP contribution in [0.25, 0.3) is 0 Å². The van der Waals surface area contributed by atoms with E-state index >= 15 is 0 Å². The molecule has 1 amide bonds. The van der Waals surface area contributed by atoms with E-state index in [0.717, 1.165) is 5.56 Å². The standard InChI is InChI=1S/C17H18N2O3/c1-13(17(21)22)11-19(12-14-6-5-9-18-10-14)16(20)15-7-3-2-4-8-15/h2-10,13H,11-12H2,1H3,(H,21,22). The Hall–Kier alpha value is -2.69. The van der Waals surface area contributed by atoms with Crippen LogP contribution in [0.5, 0.6) is 0 Å². The lowest BCUT2D eigenvalue weighted by molar-refractivity contribution is -0.141. The Morgan fingerprint density at radius 2 is 1.91 bits per heavy atom. The minimum Gasteiger partial charge on any atom is -0.481 e. The third-order valence-electron chi connectivity index (χ3n) is 3.32. The number of aliphatic carboxylic acids is 1. The molecule has 0 fully saturated rings. The number of carboxylic acid groups (broad SMARTS) is 1. The summed E-state index contributed by atoms with van der Waals surface area (Å²) in [6.45, 7) is 2.08. The molecule has 1 atom stereocenters. The van der Waals surface area contributed by atoms with E-state index in [1.165, 1.54) is 0 Å². The summed E-state index contributed by atoms with van der Waals surface area (Å²) in [5.41, 5.74) is 1.41. The largest absolute Gasteiger partial charge is 0.481 e. The maximum Gasteiger partial charge on any atom is 0.308 e. The quantitative estimate of drug-likeness (QED) is 0.889. The number of hydrogen-bond donors (Lipinski definition) is 1. The second kappa shape index (κ2) is 7.36. The molecular formula is C17H18N2O3. The Labute approximate surface area is 129 Å². The molecule has 1 heterocycles. The monoisotopic (exact) mass is 298 g/mol. The number of nitrogens with zero attached hydrogens (tertiary/aromatic N) is 2. The molecule has 0 radical (unpaired) electrons. The summed E-state index contributed by atoms with van der Waals surface area (Å²) in [6, 6.07) is 12.5. The van der Waals surface area contributed by atoms with Crippen LogP contribution in [0.15, 0.2) is 54.9 Å². The first kappa shape index (κ1) is 15.7. The number of aromatic nitrogens is 1. The van der Waals surface area contributed by atoms with Crippen LogP contribution in [-0.4, -0.2) is 33.4 Å². The van der Waals surface area contributed by atoms with Crippen molar-refractivity contribution in [2.24, 2.45) is 5.92 Å². The minimum atomic E-state index is -0.919. The molecule has 22 heavy (non-hydrogen) atoms. The van der Waals surface area contributed by atoms with Gasteiger partial charge in [0, 0.05) is 31.0 Å². The summed E-state index contributed by atoms with van der Waals surface area (Å²) in [6.07, 6.45) is 3.34. The van der Waals surface area contributed by atoms with Crippen molar-refractivity contribution in [3.8, 4) is 0 Å². The van der Waals surface area contributed by atoms with Crippen LogP contribution < -0.4 is 0 Å². The van der Waals surface area contributed by atoms with Crippen LogP contribution in [0.4, 0.5) is 0 Å². The summed E-state index contributed by atoms with van der Waals surface area (Å²) in [7, 11) is 0. The number of pyridine rings is 1. The fourth-order valence-electron chi connectivity index (χ4n) is 2.10. The third kappa shape index (κ3) is 4.15. The zero-order valence-electron chi connectivity index (χ0n) is 12.3. The highest BCUT2D eigenvalue weighted by atomic mass is 16.4. The van der Waals surface area contributed by atoms with E-state index in [4.69, 9.17) is 5.11 Å². The van der Waals surface area contributed by atoms with Gasteiger partial charge in [-0.1, -0.05) is 31.2 Å². The lowest BCUT2D eigenvalue weighted by Crippen LogP contribution is -2.36. The van der Waals surface area contributed by atoms with Crippen molar-refractivity contribution < 1.29 is 14.7 Å². The average Bonchev–Trinajstić information content (AvgIpc) is 2.55. The molecule has 2 rings (SSSR count). The van der Waals surface area contributed by atoms with Gasteiger partial charge in [0.2, 0.25) is 0 Å². The number of hydrogen-bond acceptors (Lipinski definition) is 3. The molecule has 0 aliphatic heterocycles. The highest BCUT2D eigenvalue weighted by molar-refractivity contribution is 5.94. The van der Waals surface area contributed by atoms with E-state index in [0.29, 0.717) is 12.1 Å². The molecule has 2 aromatic rings. The first-order valence-electron chi connectivity index (χ1n) is 7.04. The van der Waals surface area contributed by atoms with E-state index in [-0.39, 0.29) is 12.5 Å². The normalized spacial score (nSPS) is 11.7. The van der Waals surface area contributed by atoms with Crippen LogP contribution in [0.3, 0.4) is 0 Å². The molecule has 0 aliphatic rings. The topological polar surface area (TPSA) is 70.5 Å². The molecule has 0 saturated heterocycles. The Balaban J connectivity index is 2.21. The minimum absolute atomic E-state index is 0.151. The summed E-state index contributed by atoms with van der Waals surface area (Å²) < 4.78 is 0. The van der Waals surface area contributed by atoms with Gasteiger partial charge in [-0.05, 0) is 23.8 Å². The fraction of sp³-hybridized carbons (Fsp3) is 0.235. The molecule has 5 heteroatoms. The second-order valence-corrected chi connectivity index (χ2v) is 5.15. The second-order valence-electron chi connectivity index (χ2n) is 5.15. The average molecular weight is 298 g/mol. The van der Waals surface area contributed by atoms with Gasteiger partial charge in [0.15, 0.2) is 0 Å². The SMILES string of the molecule is CC(CN(Cc1cccnc1)C(=O)c1ccccc1)C(=O)O. The molecule has 0 saturated carbocycles. The summed E-state index contributed by atoms with van der Waals surface area (Å²) in [5, 5.41) is 9.10. The van der Waals surface area contributed by atoms with Crippen molar-refractivity contribution in [2.45, 2.75) is 13.5 Å². The van der Waals surface area contributed by atoms with E-state index in [9.17, 15) is 9.59 Å². The first-order valence-corrected chi connectivity index (χ1v) is 7.04. The van der Waals surface area contributed by atoms with Crippen LogP contribution in [0.1, 0.15) is 22.8 Å². The van der Waals surface area contributed by atoms with Crippen LogP contribution in [0, 0.1) is 5.92 Å². The molecule has 0 bridgehead atoms. The number of rotatable bonds is 6. The molecule has 1 unspecified atom stereocenters. The van der Waals surface area contributed by atoms with Crippen LogP contribution in [0.2, 0.25) is 0 Å². The molecule has 1 aromatic heterocycles. The summed E-state index contributed by atoms with van der Waals surface area (Å²) in [5.74, 6) is -1.74. The fourth-order valence-corrected chi connectivity index (χ4v) is 2.10. The number of carboxylic acids is 1. The van der Waals surface area contributed by atoms with Gasteiger partial charge >= 0.3 is 5.97 Å². The predicted molar refractivity (Wildman–Crippen MR) is 82.2 cm³/mol. The summed E-state index contributed by atoms with van der Waals surface area (Å²) >= 11 is 0. The Morgan fingerprint density at radius 1 is 1.18 bits per heavy atom. The van der Waals surface area contributed by atoms with Gasteiger partial charge in [0.1, 0.15) is 0 Å². The Kier molecular flexibility index (Phi) is 5.25. The Morgan fingerprint density at radius 3 is 2.50 bits per heavy atom. The molecule has 114 valence electrons. The maximum absolute atomic E-state index is 12.6. The number of amides is 1. The van der Waals surface area contributed by atoms with Gasteiger partial charge < -0.3 is 10.0 Å². The predicted octanol–water partition coefficient (Wildman–Crippen LogP) is 2.44. The molecular weight excluding hydrogens is 280 g/mol. The van der Waals surface area contributed by atoms with Gasteiger partial charge in [-0.25, -0.2) is 0 Å².